The van der Waals surface area contributed by atoms with E-state index >= 15 is 0 Å². The number of hydrogen-bond acceptors (Lipinski definition) is 5. The van der Waals surface area contributed by atoms with Crippen molar-refractivity contribution in [3.8, 4) is 11.5 Å². The Labute approximate surface area is 152 Å². The third kappa shape index (κ3) is 5.07. The molecule has 0 fully saturated rings. The first-order valence-electron chi connectivity index (χ1n) is 8.02. The number of anilines is 1. The Morgan fingerprint density at radius 3 is 2.38 bits per heavy atom. The minimum absolute atomic E-state index is 0.530. The molecule has 2 aromatic carbocycles. The summed E-state index contributed by atoms with van der Waals surface area (Å²) in [5.41, 5.74) is 4.50. The van der Waals surface area contributed by atoms with Gasteiger partial charge < -0.3 is 14.8 Å². The molecule has 0 bridgehead atoms. The summed E-state index contributed by atoms with van der Waals surface area (Å²) < 4.78 is 10.3. The Morgan fingerprint density at radius 1 is 1.04 bits per heavy atom. The van der Waals surface area contributed by atoms with Crippen molar-refractivity contribution >= 4 is 23.7 Å². The SMILES string of the molecule is CCc1ccc(NC(=O)C(=O)N/N=C\c2ccc(OC)cc2OC)cc1. The highest BCUT2D eigenvalue weighted by molar-refractivity contribution is 6.39. The van der Waals surface area contributed by atoms with Crippen molar-refractivity contribution < 1.29 is 19.1 Å². The van der Waals surface area contributed by atoms with Gasteiger partial charge in [0.1, 0.15) is 11.5 Å². The summed E-state index contributed by atoms with van der Waals surface area (Å²) >= 11 is 0. The fraction of sp³-hybridized carbons (Fsp3) is 0.211. The van der Waals surface area contributed by atoms with Gasteiger partial charge in [-0.1, -0.05) is 19.1 Å². The fourth-order valence-electron chi connectivity index (χ4n) is 2.15. The van der Waals surface area contributed by atoms with E-state index in [9.17, 15) is 9.59 Å². The molecule has 7 heteroatoms. The lowest BCUT2D eigenvalue weighted by Crippen LogP contribution is -2.32. The van der Waals surface area contributed by atoms with E-state index in [1.165, 1.54) is 13.3 Å². The summed E-state index contributed by atoms with van der Waals surface area (Å²) in [7, 11) is 3.07. The topological polar surface area (TPSA) is 89.0 Å². The minimum Gasteiger partial charge on any atom is -0.497 e. The lowest BCUT2D eigenvalue weighted by molar-refractivity contribution is -0.136. The van der Waals surface area contributed by atoms with Crippen LogP contribution < -0.4 is 20.2 Å². The van der Waals surface area contributed by atoms with Crippen molar-refractivity contribution in [2.75, 3.05) is 19.5 Å². The van der Waals surface area contributed by atoms with E-state index in [-0.39, 0.29) is 0 Å². The van der Waals surface area contributed by atoms with E-state index in [0.29, 0.717) is 22.7 Å². The van der Waals surface area contributed by atoms with Crippen LogP contribution >= 0.6 is 0 Å². The molecule has 26 heavy (non-hydrogen) atoms. The summed E-state index contributed by atoms with van der Waals surface area (Å²) in [5, 5.41) is 6.30. The number of hydrazone groups is 1. The monoisotopic (exact) mass is 355 g/mol. The number of nitrogens with zero attached hydrogens (tertiary/aromatic N) is 1. The van der Waals surface area contributed by atoms with Gasteiger partial charge in [0.05, 0.1) is 20.4 Å². The highest BCUT2D eigenvalue weighted by atomic mass is 16.5. The maximum absolute atomic E-state index is 11.9. The molecule has 2 aromatic rings. The van der Waals surface area contributed by atoms with E-state index in [1.54, 1.807) is 37.4 Å². The van der Waals surface area contributed by atoms with Crippen LogP contribution in [0.2, 0.25) is 0 Å². The molecule has 0 aliphatic heterocycles. The van der Waals surface area contributed by atoms with Gasteiger partial charge >= 0.3 is 11.8 Å². The number of hydrogen-bond donors (Lipinski definition) is 2. The summed E-state index contributed by atoms with van der Waals surface area (Å²) in [5.74, 6) is -0.499. The lowest BCUT2D eigenvalue weighted by atomic mass is 10.1. The largest absolute Gasteiger partial charge is 0.497 e. The highest BCUT2D eigenvalue weighted by Gasteiger charge is 2.13. The first-order valence-corrected chi connectivity index (χ1v) is 8.02. The van der Waals surface area contributed by atoms with Gasteiger partial charge in [-0.3, -0.25) is 9.59 Å². The van der Waals surface area contributed by atoms with Gasteiger partial charge in [-0.2, -0.15) is 5.10 Å². The first kappa shape index (κ1) is 19.0. The van der Waals surface area contributed by atoms with E-state index in [2.05, 4.69) is 15.8 Å². The molecular weight excluding hydrogens is 334 g/mol. The predicted octanol–water partition coefficient (Wildman–Crippen LogP) is 2.36. The Kier molecular flexibility index (Phi) is 6.73. The Balaban J connectivity index is 1.94. The van der Waals surface area contributed by atoms with Crippen LogP contribution in [0.3, 0.4) is 0 Å². The predicted molar refractivity (Wildman–Crippen MR) is 99.7 cm³/mol. The van der Waals surface area contributed by atoms with Crippen molar-refractivity contribution in [1.82, 2.24) is 5.43 Å². The van der Waals surface area contributed by atoms with Crippen molar-refractivity contribution in [1.29, 1.82) is 0 Å². The number of rotatable bonds is 6. The molecule has 0 spiro atoms. The highest BCUT2D eigenvalue weighted by Crippen LogP contribution is 2.22. The Morgan fingerprint density at radius 2 is 1.77 bits per heavy atom. The lowest BCUT2D eigenvalue weighted by Gasteiger charge is -2.07. The molecule has 136 valence electrons. The number of methoxy groups -OCH3 is 2. The van der Waals surface area contributed by atoms with Gasteiger partial charge in [-0.25, -0.2) is 5.43 Å². The third-order valence-corrected chi connectivity index (χ3v) is 3.64. The van der Waals surface area contributed by atoms with Crippen molar-refractivity contribution in [3.05, 3.63) is 53.6 Å². The normalized spacial score (nSPS) is 10.4. The Bertz CT molecular complexity index is 801. The average molecular weight is 355 g/mol. The number of amides is 2. The van der Waals surface area contributed by atoms with Crippen LogP contribution in [0, 0.1) is 0 Å². The number of nitrogens with one attached hydrogen (secondary N) is 2. The molecule has 0 unspecified atom stereocenters. The molecule has 0 aliphatic carbocycles. The van der Waals surface area contributed by atoms with Crippen molar-refractivity contribution in [2.45, 2.75) is 13.3 Å². The zero-order chi connectivity index (χ0) is 18.9. The van der Waals surface area contributed by atoms with E-state index in [4.69, 9.17) is 9.47 Å². The van der Waals surface area contributed by atoms with Crippen LogP contribution in [0.15, 0.2) is 47.6 Å². The van der Waals surface area contributed by atoms with E-state index < -0.39 is 11.8 Å². The molecule has 0 aromatic heterocycles. The molecule has 2 rings (SSSR count). The van der Waals surface area contributed by atoms with E-state index in [0.717, 1.165) is 12.0 Å². The second kappa shape index (κ2) is 9.22. The standard InChI is InChI=1S/C19H21N3O4/c1-4-13-5-8-15(9-6-13)21-18(23)19(24)22-20-12-14-7-10-16(25-2)11-17(14)26-3/h5-12H,4H2,1-3H3,(H,21,23)(H,22,24)/b20-12-. The van der Waals surface area contributed by atoms with E-state index in [1.807, 2.05) is 19.1 Å². The molecule has 0 radical (unpaired) electrons. The summed E-state index contributed by atoms with van der Waals surface area (Å²) in [6.07, 6.45) is 2.29. The Hall–Kier alpha value is -3.35. The molecule has 0 saturated carbocycles. The van der Waals surface area contributed by atoms with Crippen LogP contribution in [0.25, 0.3) is 0 Å². The zero-order valence-corrected chi connectivity index (χ0v) is 14.9. The second-order valence-electron chi connectivity index (χ2n) is 5.31. The molecular formula is C19H21N3O4. The fourth-order valence-corrected chi connectivity index (χ4v) is 2.15. The van der Waals surface area contributed by atoms with Crippen LogP contribution in [0.4, 0.5) is 5.69 Å². The number of ether oxygens (including phenoxy) is 2. The summed E-state index contributed by atoms with van der Waals surface area (Å²) in [6, 6.07) is 12.4. The third-order valence-electron chi connectivity index (χ3n) is 3.64. The summed E-state index contributed by atoms with van der Waals surface area (Å²) in [4.78, 5) is 23.7. The van der Waals surface area contributed by atoms with Crippen molar-refractivity contribution in [2.24, 2.45) is 5.10 Å². The van der Waals surface area contributed by atoms with Crippen LogP contribution in [-0.2, 0) is 16.0 Å². The van der Waals surface area contributed by atoms with Gasteiger partial charge in [0.15, 0.2) is 0 Å². The van der Waals surface area contributed by atoms with Crippen LogP contribution in [0.1, 0.15) is 18.1 Å². The molecule has 0 aliphatic rings. The van der Waals surface area contributed by atoms with Gasteiger partial charge in [-0.15, -0.1) is 0 Å². The van der Waals surface area contributed by atoms with Crippen molar-refractivity contribution in [3.63, 3.8) is 0 Å². The molecule has 7 nitrogen and oxygen atoms in total. The molecule has 0 atom stereocenters. The maximum Gasteiger partial charge on any atom is 0.329 e. The van der Waals surface area contributed by atoms with Crippen LogP contribution in [-0.4, -0.2) is 32.2 Å². The van der Waals surface area contributed by atoms with Gasteiger partial charge in [-0.05, 0) is 36.2 Å². The number of aryl methyl sites for hydroxylation is 1. The number of benzene rings is 2. The van der Waals surface area contributed by atoms with Gasteiger partial charge in [0.25, 0.3) is 0 Å². The number of carbonyl (C=O) groups is 2. The molecule has 0 saturated heterocycles. The average Bonchev–Trinajstić information content (AvgIpc) is 2.68. The maximum atomic E-state index is 11.9. The molecule has 2 amide bonds. The van der Waals surface area contributed by atoms with Gasteiger partial charge in [0, 0.05) is 17.3 Å². The minimum atomic E-state index is -0.867. The number of carbonyl (C=O) groups excluding carboxylic acids is 2. The first-order chi connectivity index (χ1) is 12.6. The van der Waals surface area contributed by atoms with Gasteiger partial charge in [0.2, 0.25) is 0 Å². The zero-order valence-electron chi connectivity index (χ0n) is 14.9. The quantitative estimate of drug-likeness (QED) is 0.473. The second-order valence-corrected chi connectivity index (χ2v) is 5.31. The molecule has 0 heterocycles. The molecule has 2 N–H and O–H groups in total. The summed E-state index contributed by atoms with van der Waals surface area (Å²) in [6.45, 7) is 2.04. The van der Waals surface area contributed by atoms with Crippen LogP contribution in [0.5, 0.6) is 11.5 Å². The smallest absolute Gasteiger partial charge is 0.329 e.